The molecule has 3 heterocycles. The highest BCUT2D eigenvalue weighted by molar-refractivity contribution is 5.93. The molecule has 2 aliphatic heterocycles. The normalized spacial score (nSPS) is 19.6. The second-order valence-electron chi connectivity index (χ2n) is 7.06. The van der Waals surface area contributed by atoms with Crippen molar-refractivity contribution in [2.45, 2.75) is 33.0 Å². The Kier molecular flexibility index (Phi) is 5.03. The number of carbonyl (C=O) groups excluding carboxylic acids is 1. The quantitative estimate of drug-likeness (QED) is 0.806. The minimum Gasteiger partial charge on any atom is -0.494 e. The molecule has 27 heavy (non-hydrogen) atoms. The fraction of sp³-hybridized carbons (Fsp3) is 0.500. The summed E-state index contributed by atoms with van der Waals surface area (Å²) in [5, 5.41) is 4.39. The highest BCUT2D eigenvalue weighted by atomic mass is 16.5. The highest BCUT2D eigenvalue weighted by Gasteiger charge is 2.31. The Morgan fingerprint density at radius 3 is 2.93 bits per heavy atom. The third kappa shape index (κ3) is 3.64. The van der Waals surface area contributed by atoms with Crippen LogP contribution in [0.3, 0.4) is 0 Å². The van der Waals surface area contributed by atoms with Crippen molar-refractivity contribution in [3.63, 3.8) is 0 Å². The van der Waals surface area contributed by atoms with Crippen molar-refractivity contribution in [3.05, 3.63) is 41.6 Å². The Balaban J connectivity index is 1.39. The fourth-order valence-electron chi connectivity index (χ4n) is 3.81. The van der Waals surface area contributed by atoms with Crippen LogP contribution in [0.4, 0.5) is 0 Å². The maximum atomic E-state index is 12.9. The molecule has 1 aromatic heterocycles. The molecule has 0 saturated carbocycles. The van der Waals surface area contributed by atoms with Crippen LogP contribution in [0.25, 0.3) is 0 Å². The van der Waals surface area contributed by atoms with E-state index in [2.05, 4.69) is 23.0 Å². The van der Waals surface area contributed by atoms with Crippen molar-refractivity contribution in [2.24, 2.45) is 0 Å². The molecule has 0 bridgehead atoms. The molecule has 1 aromatic carbocycles. The highest BCUT2D eigenvalue weighted by Crippen LogP contribution is 2.24. The monoisotopic (exact) mass is 370 g/mol. The summed E-state index contributed by atoms with van der Waals surface area (Å²) in [5.41, 5.74) is 1.67. The summed E-state index contributed by atoms with van der Waals surface area (Å²) < 4.78 is 13.0. The smallest absolute Gasteiger partial charge is 0.274 e. The molecule has 1 amide bonds. The second kappa shape index (κ2) is 7.60. The van der Waals surface area contributed by atoms with Crippen LogP contribution in [0.15, 0.2) is 30.3 Å². The van der Waals surface area contributed by atoms with Gasteiger partial charge in [0.15, 0.2) is 5.69 Å². The summed E-state index contributed by atoms with van der Waals surface area (Å²) in [5.74, 6) is 1.62. The van der Waals surface area contributed by atoms with E-state index in [0.717, 1.165) is 25.4 Å². The molecule has 7 heteroatoms. The summed E-state index contributed by atoms with van der Waals surface area (Å²) >= 11 is 0. The first-order valence-corrected chi connectivity index (χ1v) is 9.60. The van der Waals surface area contributed by atoms with Gasteiger partial charge < -0.3 is 14.4 Å². The fourth-order valence-corrected chi connectivity index (χ4v) is 3.81. The molecular formula is C20H26N4O3. The van der Waals surface area contributed by atoms with Crippen LogP contribution in [0.2, 0.25) is 0 Å². The third-order valence-electron chi connectivity index (χ3n) is 5.15. The predicted octanol–water partition coefficient (Wildman–Crippen LogP) is 2.02. The van der Waals surface area contributed by atoms with E-state index in [1.165, 1.54) is 5.56 Å². The molecule has 7 nitrogen and oxygen atoms in total. The lowest BCUT2D eigenvalue weighted by molar-refractivity contribution is 0.0467. The van der Waals surface area contributed by atoms with Gasteiger partial charge in [0.1, 0.15) is 12.4 Å². The first-order chi connectivity index (χ1) is 13.2. The molecule has 0 aliphatic carbocycles. The van der Waals surface area contributed by atoms with Crippen LogP contribution in [0, 0.1) is 0 Å². The zero-order chi connectivity index (χ0) is 18.8. The van der Waals surface area contributed by atoms with Crippen molar-refractivity contribution in [1.82, 2.24) is 19.6 Å². The van der Waals surface area contributed by atoms with Crippen LogP contribution < -0.4 is 9.47 Å². The number of carbonyl (C=O) groups is 1. The largest absolute Gasteiger partial charge is 0.494 e. The van der Waals surface area contributed by atoms with Gasteiger partial charge in [0.2, 0.25) is 5.88 Å². The van der Waals surface area contributed by atoms with E-state index in [1.54, 1.807) is 10.7 Å². The molecule has 1 unspecified atom stereocenters. The van der Waals surface area contributed by atoms with E-state index in [4.69, 9.17) is 9.47 Å². The van der Waals surface area contributed by atoms with Crippen LogP contribution >= 0.6 is 0 Å². The van der Waals surface area contributed by atoms with Crippen LogP contribution in [-0.4, -0.2) is 64.4 Å². The Morgan fingerprint density at radius 2 is 2.15 bits per heavy atom. The summed E-state index contributed by atoms with van der Waals surface area (Å²) in [4.78, 5) is 17.2. The van der Waals surface area contributed by atoms with E-state index in [0.29, 0.717) is 37.9 Å². The number of nitrogens with zero attached hydrogens (tertiary/aromatic N) is 4. The van der Waals surface area contributed by atoms with Gasteiger partial charge in [-0.15, -0.1) is 0 Å². The SMILES string of the molecule is CCOc1ccccc1CN1CCN(C(=O)c2cc3n(n2)CCO3)C(C)C1. The van der Waals surface area contributed by atoms with Crippen molar-refractivity contribution >= 4 is 5.91 Å². The Hall–Kier alpha value is -2.54. The molecule has 1 saturated heterocycles. The van der Waals surface area contributed by atoms with E-state index in [-0.39, 0.29) is 11.9 Å². The molecule has 144 valence electrons. The summed E-state index contributed by atoms with van der Waals surface area (Å²) in [6, 6.07) is 10.1. The van der Waals surface area contributed by atoms with Crippen molar-refractivity contribution in [2.75, 3.05) is 32.8 Å². The lowest BCUT2D eigenvalue weighted by Gasteiger charge is -2.39. The van der Waals surface area contributed by atoms with Crippen molar-refractivity contribution in [3.8, 4) is 11.6 Å². The molecular weight excluding hydrogens is 344 g/mol. The zero-order valence-corrected chi connectivity index (χ0v) is 15.9. The van der Waals surface area contributed by atoms with Gasteiger partial charge in [-0.2, -0.15) is 5.10 Å². The number of hydrogen-bond acceptors (Lipinski definition) is 5. The summed E-state index contributed by atoms with van der Waals surface area (Å²) in [6.45, 7) is 9.29. The maximum Gasteiger partial charge on any atom is 0.274 e. The number of benzene rings is 1. The topological polar surface area (TPSA) is 59.8 Å². The molecule has 0 N–H and O–H groups in total. The standard InChI is InChI=1S/C20H26N4O3/c1-3-26-18-7-5-4-6-16(18)14-22-8-9-23(15(2)13-22)20(25)17-12-19-24(21-17)10-11-27-19/h4-7,12,15H,3,8-11,13-14H2,1-2H3. The Morgan fingerprint density at radius 1 is 1.30 bits per heavy atom. The summed E-state index contributed by atoms with van der Waals surface area (Å²) in [6.07, 6.45) is 0. The van der Waals surface area contributed by atoms with Crippen molar-refractivity contribution < 1.29 is 14.3 Å². The Bertz CT molecular complexity index is 798. The van der Waals surface area contributed by atoms with Crippen LogP contribution in [-0.2, 0) is 13.1 Å². The Labute approximate surface area is 159 Å². The molecule has 1 atom stereocenters. The minimum atomic E-state index is -0.0117. The van der Waals surface area contributed by atoms with Gasteiger partial charge in [0.05, 0.1) is 13.2 Å². The molecule has 4 rings (SSSR count). The molecule has 2 aromatic rings. The van der Waals surface area contributed by atoms with E-state index < -0.39 is 0 Å². The number of ether oxygens (including phenoxy) is 2. The number of aromatic nitrogens is 2. The van der Waals surface area contributed by atoms with Gasteiger partial charge >= 0.3 is 0 Å². The number of rotatable bonds is 5. The predicted molar refractivity (Wildman–Crippen MR) is 101 cm³/mol. The number of amides is 1. The molecule has 2 aliphatic rings. The minimum absolute atomic E-state index is 0.0117. The summed E-state index contributed by atoms with van der Waals surface area (Å²) in [7, 11) is 0. The second-order valence-corrected chi connectivity index (χ2v) is 7.06. The number of para-hydroxylation sites is 1. The first-order valence-electron chi connectivity index (χ1n) is 9.60. The first kappa shape index (κ1) is 17.9. The lowest BCUT2D eigenvalue weighted by Crippen LogP contribution is -2.53. The van der Waals surface area contributed by atoms with Gasteiger partial charge in [0, 0.05) is 43.9 Å². The maximum absolute atomic E-state index is 12.9. The average molecular weight is 370 g/mol. The number of piperazine rings is 1. The van der Waals surface area contributed by atoms with Crippen molar-refractivity contribution in [1.29, 1.82) is 0 Å². The van der Waals surface area contributed by atoms with Gasteiger partial charge in [-0.25, -0.2) is 4.68 Å². The van der Waals surface area contributed by atoms with Gasteiger partial charge in [-0.05, 0) is 19.9 Å². The van der Waals surface area contributed by atoms with E-state index >= 15 is 0 Å². The average Bonchev–Trinajstić information content (AvgIpc) is 3.25. The number of fused-ring (bicyclic) bond motifs is 1. The molecule has 0 radical (unpaired) electrons. The lowest BCUT2D eigenvalue weighted by atomic mass is 10.1. The molecule has 0 spiro atoms. The van der Waals surface area contributed by atoms with Crippen LogP contribution in [0.5, 0.6) is 11.6 Å². The van der Waals surface area contributed by atoms with Gasteiger partial charge in [0.25, 0.3) is 5.91 Å². The van der Waals surface area contributed by atoms with Gasteiger partial charge in [-0.1, -0.05) is 18.2 Å². The zero-order valence-electron chi connectivity index (χ0n) is 15.9. The third-order valence-corrected chi connectivity index (χ3v) is 5.15. The van der Waals surface area contributed by atoms with E-state index in [9.17, 15) is 4.79 Å². The molecule has 1 fully saturated rings. The van der Waals surface area contributed by atoms with Gasteiger partial charge in [-0.3, -0.25) is 9.69 Å². The van der Waals surface area contributed by atoms with Crippen LogP contribution in [0.1, 0.15) is 29.9 Å². The van der Waals surface area contributed by atoms with E-state index in [1.807, 2.05) is 30.0 Å². The number of hydrogen-bond donors (Lipinski definition) is 0.